The zero-order chi connectivity index (χ0) is 20.7. The molecule has 28 heavy (non-hydrogen) atoms. The lowest BCUT2D eigenvalue weighted by atomic mass is 10.0. The van der Waals surface area contributed by atoms with E-state index in [1.807, 2.05) is 45.0 Å². The number of ether oxygens (including phenoxy) is 2. The third kappa shape index (κ3) is 6.14. The molecule has 1 atom stereocenters. The Balaban J connectivity index is 2.11. The predicted molar refractivity (Wildman–Crippen MR) is 111 cm³/mol. The Labute approximate surface area is 171 Å². The fraction of sp³-hybridized carbons (Fsp3) is 0.409. The summed E-state index contributed by atoms with van der Waals surface area (Å²) >= 11 is 6.42. The summed E-state index contributed by atoms with van der Waals surface area (Å²) in [5, 5.41) is 12.9. The molecule has 152 valence electrons. The van der Waals surface area contributed by atoms with E-state index in [0.717, 1.165) is 16.7 Å². The van der Waals surface area contributed by atoms with E-state index in [2.05, 4.69) is 5.32 Å². The van der Waals surface area contributed by atoms with Gasteiger partial charge in [-0.1, -0.05) is 49.7 Å². The summed E-state index contributed by atoms with van der Waals surface area (Å²) in [6.07, 6.45) is 0.543. The van der Waals surface area contributed by atoms with E-state index in [4.69, 9.17) is 21.1 Å². The van der Waals surface area contributed by atoms with Gasteiger partial charge in [0.25, 0.3) is 0 Å². The molecule has 0 saturated carbocycles. The number of rotatable bonds is 10. The molecular formula is C22H28ClNO4. The Morgan fingerprint density at radius 3 is 2.50 bits per heavy atom. The van der Waals surface area contributed by atoms with Gasteiger partial charge in [0.2, 0.25) is 0 Å². The number of hydrogen-bond donors (Lipinski definition) is 2. The highest BCUT2D eigenvalue weighted by Crippen LogP contribution is 2.34. The molecule has 2 aromatic carbocycles. The number of carboxylic acids is 1. The first kappa shape index (κ1) is 22.1. The van der Waals surface area contributed by atoms with E-state index in [0.29, 0.717) is 36.1 Å². The van der Waals surface area contributed by atoms with Crippen LogP contribution in [0, 0.1) is 12.8 Å². The van der Waals surface area contributed by atoms with Crippen molar-refractivity contribution in [3.8, 4) is 11.5 Å². The van der Waals surface area contributed by atoms with Gasteiger partial charge in [0, 0.05) is 17.6 Å². The van der Waals surface area contributed by atoms with E-state index in [-0.39, 0.29) is 5.92 Å². The molecule has 0 amide bonds. The molecule has 5 nitrogen and oxygen atoms in total. The van der Waals surface area contributed by atoms with Gasteiger partial charge >= 0.3 is 5.97 Å². The lowest BCUT2D eigenvalue weighted by Gasteiger charge is -2.18. The molecule has 0 aliphatic heterocycles. The SMILES string of the molecule is COc1cc(CNC(CC(C)C)C(=O)O)c(Cl)cc1OCc1ccccc1C. The average molecular weight is 406 g/mol. The Kier molecular flexibility index (Phi) is 8.15. The quantitative estimate of drug-likeness (QED) is 0.592. The molecule has 0 saturated heterocycles. The third-order valence-corrected chi connectivity index (χ3v) is 4.87. The number of aryl methyl sites for hydroxylation is 1. The highest BCUT2D eigenvalue weighted by atomic mass is 35.5. The zero-order valence-electron chi connectivity index (χ0n) is 16.8. The van der Waals surface area contributed by atoms with Crippen molar-refractivity contribution in [3.63, 3.8) is 0 Å². The van der Waals surface area contributed by atoms with E-state index < -0.39 is 12.0 Å². The van der Waals surface area contributed by atoms with E-state index in [9.17, 15) is 9.90 Å². The molecule has 0 fully saturated rings. The number of carbonyl (C=O) groups is 1. The number of nitrogens with one attached hydrogen (secondary N) is 1. The van der Waals surface area contributed by atoms with Crippen LogP contribution in [0.5, 0.6) is 11.5 Å². The summed E-state index contributed by atoms with van der Waals surface area (Å²) in [4.78, 5) is 11.4. The molecule has 0 aliphatic carbocycles. The molecular weight excluding hydrogens is 378 g/mol. The summed E-state index contributed by atoms with van der Waals surface area (Å²) in [5.41, 5.74) is 3.00. The largest absolute Gasteiger partial charge is 0.493 e. The second-order valence-corrected chi connectivity index (χ2v) is 7.62. The van der Waals surface area contributed by atoms with Gasteiger partial charge in [-0.2, -0.15) is 0 Å². The molecule has 0 spiro atoms. The minimum atomic E-state index is -0.866. The minimum absolute atomic E-state index is 0.274. The van der Waals surface area contributed by atoms with Gasteiger partial charge in [-0.05, 0) is 42.0 Å². The number of carboxylic acid groups (broad SMARTS) is 1. The van der Waals surface area contributed by atoms with Crippen molar-refractivity contribution in [1.29, 1.82) is 0 Å². The lowest BCUT2D eigenvalue weighted by Crippen LogP contribution is -2.37. The Morgan fingerprint density at radius 1 is 1.18 bits per heavy atom. The van der Waals surface area contributed by atoms with Crippen molar-refractivity contribution in [2.24, 2.45) is 5.92 Å². The smallest absolute Gasteiger partial charge is 0.320 e. The molecule has 0 aliphatic rings. The van der Waals surface area contributed by atoms with Crippen molar-refractivity contribution < 1.29 is 19.4 Å². The molecule has 6 heteroatoms. The molecule has 0 radical (unpaired) electrons. The Hall–Kier alpha value is -2.24. The van der Waals surface area contributed by atoms with Crippen LogP contribution in [0.25, 0.3) is 0 Å². The summed E-state index contributed by atoms with van der Waals surface area (Å²) in [6, 6.07) is 10.9. The summed E-state index contributed by atoms with van der Waals surface area (Å²) < 4.78 is 11.4. The molecule has 0 aromatic heterocycles. The molecule has 0 bridgehead atoms. The van der Waals surface area contributed by atoms with E-state index in [1.165, 1.54) is 0 Å². The van der Waals surface area contributed by atoms with Crippen LogP contribution >= 0.6 is 11.6 Å². The van der Waals surface area contributed by atoms with Crippen LogP contribution in [0.3, 0.4) is 0 Å². The van der Waals surface area contributed by atoms with E-state index in [1.54, 1.807) is 19.2 Å². The second-order valence-electron chi connectivity index (χ2n) is 7.21. The first-order valence-electron chi connectivity index (χ1n) is 9.31. The normalized spacial score (nSPS) is 12.1. The van der Waals surface area contributed by atoms with Gasteiger partial charge < -0.3 is 19.9 Å². The molecule has 2 aromatic rings. The van der Waals surface area contributed by atoms with Crippen molar-refractivity contribution in [2.45, 2.75) is 46.4 Å². The van der Waals surface area contributed by atoms with Gasteiger partial charge in [-0.3, -0.25) is 4.79 Å². The fourth-order valence-corrected chi connectivity index (χ4v) is 3.11. The van der Waals surface area contributed by atoms with Crippen molar-refractivity contribution >= 4 is 17.6 Å². The lowest BCUT2D eigenvalue weighted by molar-refractivity contribution is -0.140. The highest BCUT2D eigenvalue weighted by molar-refractivity contribution is 6.31. The second kappa shape index (κ2) is 10.3. The van der Waals surface area contributed by atoms with Crippen LogP contribution < -0.4 is 14.8 Å². The van der Waals surface area contributed by atoms with Crippen LogP contribution in [0.4, 0.5) is 0 Å². The first-order valence-corrected chi connectivity index (χ1v) is 9.69. The maximum atomic E-state index is 11.4. The Bertz CT molecular complexity index is 807. The summed E-state index contributed by atoms with van der Waals surface area (Å²) in [7, 11) is 1.57. The number of halogens is 1. The van der Waals surface area contributed by atoms with Gasteiger partial charge in [-0.15, -0.1) is 0 Å². The molecule has 2 rings (SSSR count). The topological polar surface area (TPSA) is 67.8 Å². The number of hydrogen-bond acceptors (Lipinski definition) is 4. The standard InChI is InChI=1S/C22H28ClNO4/c1-14(2)9-19(22(25)26)24-12-17-10-20(27-4)21(11-18(17)23)28-13-16-8-6-5-7-15(16)3/h5-8,10-11,14,19,24H,9,12-13H2,1-4H3,(H,25,26). The molecule has 1 unspecified atom stereocenters. The van der Waals surface area contributed by atoms with Gasteiger partial charge in [0.05, 0.1) is 7.11 Å². The minimum Gasteiger partial charge on any atom is -0.493 e. The maximum absolute atomic E-state index is 11.4. The summed E-state index contributed by atoms with van der Waals surface area (Å²) in [5.74, 6) is 0.521. The first-order chi connectivity index (χ1) is 13.3. The fourth-order valence-electron chi connectivity index (χ4n) is 2.89. The number of aliphatic carboxylic acids is 1. The van der Waals surface area contributed by atoms with Crippen molar-refractivity contribution in [2.75, 3.05) is 7.11 Å². The van der Waals surface area contributed by atoms with Gasteiger partial charge in [0.1, 0.15) is 12.6 Å². The van der Waals surface area contributed by atoms with Crippen LogP contribution in [-0.4, -0.2) is 24.2 Å². The van der Waals surface area contributed by atoms with E-state index >= 15 is 0 Å². The van der Waals surface area contributed by atoms with Crippen molar-refractivity contribution in [3.05, 3.63) is 58.1 Å². The Morgan fingerprint density at radius 2 is 1.89 bits per heavy atom. The highest BCUT2D eigenvalue weighted by Gasteiger charge is 2.19. The summed E-state index contributed by atoms with van der Waals surface area (Å²) in [6.45, 7) is 6.76. The monoisotopic (exact) mass is 405 g/mol. The molecule has 0 heterocycles. The molecule has 2 N–H and O–H groups in total. The number of methoxy groups -OCH3 is 1. The average Bonchev–Trinajstić information content (AvgIpc) is 2.65. The van der Waals surface area contributed by atoms with Crippen LogP contribution in [-0.2, 0) is 17.9 Å². The van der Waals surface area contributed by atoms with Crippen LogP contribution in [0.15, 0.2) is 36.4 Å². The van der Waals surface area contributed by atoms with Gasteiger partial charge in [-0.25, -0.2) is 0 Å². The van der Waals surface area contributed by atoms with Crippen LogP contribution in [0.1, 0.15) is 37.0 Å². The number of benzene rings is 2. The zero-order valence-corrected chi connectivity index (χ0v) is 17.5. The van der Waals surface area contributed by atoms with Crippen molar-refractivity contribution in [1.82, 2.24) is 5.32 Å². The van der Waals surface area contributed by atoms with Crippen LogP contribution in [0.2, 0.25) is 5.02 Å². The predicted octanol–water partition coefficient (Wildman–Crippen LogP) is 4.82. The third-order valence-electron chi connectivity index (χ3n) is 4.52. The van der Waals surface area contributed by atoms with Gasteiger partial charge in [0.15, 0.2) is 11.5 Å². The maximum Gasteiger partial charge on any atom is 0.320 e.